The minimum atomic E-state index is -0.0265. The minimum absolute atomic E-state index is 0.0265. The van der Waals surface area contributed by atoms with Gasteiger partial charge in [-0.3, -0.25) is 4.68 Å². The summed E-state index contributed by atoms with van der Waals surface area (Å²) in [4.78, 5) is 0. The van der Waals surface area contributed by atoms with Crippen LogP contribution in [0.4, 0.5) is 0 Å². The van der Waals surface area contributed by atoms with Gasteiger partial charge in [0.25, 0.3) is 0 Å². The molecule has 0 amide bonds. The number of nitrogens with zero attached hydrogens (tertiary/aromatic N) is 2. The molecule has 78 valence electrons. The van der Waals surface area contributed by atoms with Crippen molar-refractivity contribution in [2.75, 3.05) is 0 Å². The maximum absolute atomic E-state index is 9.33. The van der Waals surface area contributed by atoms with Gasteiger partial charge >= 0.3 is 0 Å². The molecule has 3 nitrogen and oxygen atoms in total. The van der Waals surface area contributed by atoms with Crippen LogP contribution < -0.4 is 0 Å². The van der Waals surface area contributed by atoms with Crippen molar-refractivity contribution >= 4 is 23.2 Å². The van der Waals surface area contributed by atoms with Gasteiger partial charge in [-0.05, 0) is 12.1 Å². The topological polar surface area (TPSA) is 38.0 Å². The van der Waals surface area contributed by atoms with Crippen LogP contribution in [0.1, 0.15) is 0 Å². The molecule has 0 bridgehead atoms. The Labute approximate surface area is 96.9 Å². The molecule has 0 spiro atoms. The molecule has 1 N–H and O–H groups in total. The molecule has 0 radical (unpaired) electrons. The smallest absolute Gasteiger partial charge is 0.135 e. The van der Waals surface area contributed by atoms with Gasteiger partial charge in [-0.1, -0.05) is 23.2 Å². The second-order valence-electron chi connectivity index (χ2n) is 3.16. The molecule has 1 aromatic carbocycles. The molecule has 0 saturated heterocycles. The minimum Gasteiger partial charge on any atom is -0.506 e. The largest absolute Gasteiger partial charge is 0.506 e. The normalized spacial score (nSPS) is 10.6. The Morgan fingerprint density at radius 1 is 1.27 bits per heavy atom. The van der Waals surface area contributed by atoms with Crippen LogP contribution in [0.5, 0.6) is 5.75 Å². The van der Waals surface area contributed by atoms with Gasteiger partial charge in [-0.25, -0.2) is 0 Å². The molecule has 1 aromatic heterocycles. The van der Waals surface area contributed by atoms with Gasteiger partial charge < -0.3 is 5.11 Å². The van der Waals surface area contributed by atoms with Crippen molar-refractivity contribution in [2.45, 2.75) is 0 Å². The van der Waals surface area contributed by atoms with Crippen molar-refractivity contribution in [3.8, 4) is 17.0 Å². The number of halogens is 2. The van der Waals surface area contributed by atoms with E-state index in [0.29, 0.717) is 10.6 Å². The Bertz CT molecular complexity index is 508. The van der Waals surface area contributed by atoms with Crippen molar-refractivity contribution in [1.82, 2.24) is 9.78 Å². The number of aryl methyl sites for hydroxylation is 1. The number of aromatic hydroxyl groups is 1. The molecule has 0 saturated carbocycles. The highest BCUT2D eigenvalue weighted by Gasteiger charge is 2.10. The summed E-state index contributed by atoms with van der Waals surface area (Å²) in [5, 5.41) is 14.2. The van der Waals surface area contributed by atoms with E-state index < -0.39 is 0 Å². The van der Waals surface area contributed by atoms with Crippen LogP contribution in [0.2, 0.25) is 10.0 Å². The number of hydrogen-bond donors (Lipinski definition) is 1. The molecular weight excluding hydrogens is 235 g/mol. The number of hydrogen-bond acceptors (Lipinski definition) is 2. The van der Waals surface area contributed by atoms with Crippen LogP contribution in [-0.4, -0.2) is 14.9 Å². The predicted molar refractivity (Wildman–Crippen MR) is 60.3 cm³/mol. The molecule has 0 aliphatic carbocycles. The predicted octanol–water partition coefficient (Wildman–Crippen LogP) is 3.10. The first-order valence-electron chi connectivity index (χ1n) is 4.26. The lowest BCUT2D eigenvalue weighted by molar-refractivity contribution is 0.475. The second-order valence-corrected chi connectivity index (χ2v) is 3.97. The molecule has 2 aromatic rings. The van der Waals surface area contributed by atoms with E-state index in [2.05, 4.69) is 5.10 Å². The quantitative estimate of drug-likeness (QED) is 0.835. The third-order valence-electron chi connectivity index (χ3n) is 2.03. The van der Waals surface area contributed by atoms with Gasteiger partial charge in [-0.15, -0.1) is 0 Å². The molecule has 2 rings (SSSR count). The average Bonchev–Trinajstić information content (AvgIpc) is 2.58. The SMILES string of the molecule is Cn1ccc(-c2cc(Cl)c(O)cc2Cl)n1. The van der Waals surface area contributed by atoms with Gasteiger partial charge in [0.2, 0.25) is 0 Å². The Balaban J connectivity index is 2.58. The van der Waals surface area contributed by atoms with Crippen molar-refractivity contribution in [2.24, 2.45) is 7.05 Å². The summed E-state index contributed by atoms with van der Waals surface area (Å²) in [6, 6.07) is 4.84. The fourth-order valence-corrected chi connectivity index (χ4v) is 1.71. The number of aromatic nitrogens is 2. The molecule has 0 aliphatic heterocycles. The summed E-state index contributed by atoms with van der Waals surface area (Å²) in [6.45, 7) is 0. The van der Waals surface area contributed by atoms with Crippen LogP contribution in [0.3, 0.4) is 0 Å². The van der Waals surface area contributed by atoms with E-state index in [4.69, 9.17) is 23.2 Å². The zero-order valence-electron chi connectivity index (χ0n) is 7.91. The highest BCUT2D eigenvalue weighted by Crippen LogP contribution is 2.35. The summed E-state index contributed by atoms with van der Waals surface area (Å²) in [7, 11) is 1.82. The van der Waals surface area contributed by atoms with Crippen LogP contribution in [-0.2, 0) is 7.05 Å². The fraction of sp³-hybridized carbons (Fsp3) is 0.100. The van der Waals surface area contributed by atoms with Gasteiger partial charge in [0.05, 0.1) is 15.7 Å². The van der Waals surface area contributed by atoms with Gasteiger partial charge in [-0.2, -0.15) is 5.10 Å². The Morgan fingerprint density at radius 2 is 2.00 bits per heavy atom. The van der Waals surface area contributed by atoms with Crippen LogP contribution in [0, 0.1) is 0 Å². The zero-order chi connectivity index (χ0) is 11.0. The molecule has 5 heteroatoms. The first-order chi connectivity index (χ1) is 7.08. The van der Waals surface area contributed by atoms with Crippen LogP contribution in [0.15, 0.2) is 24.4 Å². The van der Waals surface area contributed by atoms with Crippen LogP contribution >= 0.6 is 23.2 Å². The summed E-state index contributed by atoms with van der Waals surface area (Å²) in [5.41, 5.74) is 1.43. The highest BCUT2D eigenvalue weighted by atomic mass is 35.5. The highest BCUT2D eigenvalue weighted by molar-refractivity contribution is 6.36. The fourth-order valence-electron chi connectivity index (χ4n) is 1.29. The molecule has 15 heavy (non-hydrogen) atoms. The van der Waals surface area contributed by atoms with E-state index in [1.165, 1.54) is 6.07 Å². The van der Waals surface area contributed by atoms with E-state index >= 15 is 0 Å². The summed E-state index contributed by atoms with van der Waals surface area (Å²) < 4.78 is 1.67. The third-order valence-corrected chi connectivity index (χ3v) is 2.64. The second kappa shape index (κ2) is 3.76. The van der Waals surface area contributed by atoms with Gasteiger partial charge in [0, 0.05) is 24.9 Å². The Kier molecular flexibility index (Phi) is 2.59. The first kappa shape index (κ1) is 10.3. The van der Waals surface area contributed by atoms with Gasteiger partial charge in [0.15, 0.2) is 0 Å². The van der Waals surface area contributed by atoms with E-state index in [1.54, 1.807) is 10.7 Å². The lowest BCUT2D eigenvalue weighted by atomic mass is 10.1. The molecule has 0 unspecified atom stereocenters. The maximum atomic E-state index is 9.33. The molecule has 0 aliphatic rings. The molecule has 0 fully saturated rings. The van der Waals surface area contributed by atoms with E-state index in [1.807, 2.05) is 19.3 Å². The average molecular weight is 243 g/mol. The third kappa shape index (κ3) is 1.94. The molecule has 0 atom stereocenters. The lowest BCUT2D eigenvalue weighted by Crippen LogP contribution is -1.88. The van der Waals surface area contributed by atoms with Crippen molar-refractivity contribution in [3.05, 3.63) is 34.4 Å². The van der Waals surface area contributed by atoms with E-state index in [-0.39, 0.29) is 10.8 Å². The number of phenols is 1. The number of benzene rings is 1. The van der Waals surface area contributed by atoms with E-state index in [9.17, 15) is 5.11 Å². The lowest BCUT2D eigenvalue weighted by Gasteiger charge is -2.03. The monoisotopic (exact) mass is 242 g/mol. The van der Waals surface area contributed by atoms with Crippen molar-refractivity contribution in [1.29, 1.82) is 0 Å². The number of phenolic OH excluding ortho intramolecular Hbond substituents is 1. The van der Waals surface area contributed by atoms with Gasteiger partial charge in [0.1, 0.15) is 5.75 Å². The summed E-state index contributed by atoms with van der Waals surface area (Å²) in [6.07, 6.45) is 1.81. The van der Waals surface area contributed by atoms with Crippen molar-refractivity contribution < 1.29 is 5.11 Å². The number of rotatable bonds is 1. The zero-order valence-corrected chi connectivity index (χ0v) is 9.42. The maximum Gasteiger partial charge on any atom is 0.135 e. The molecule has 1 heterocycles. The first-order valence-corrected chi connectivity index (χ1v) is 5.01. The molecular formula is C10H8Cl2N2O. The summed E-state index contributed by atoms with van der Waals surface area (Å²) >= 11 is 11.8. The Morgan fingerprint density at radius 3 is 2.60 bits per heavy atom. The Hall–Kier alpha value is -1.19. The van der Waals surface area contributed by atoms with E-state index in [0.717, 1.165) is 5.69 Å². The summed E-state index contributed by atoms with van der Waals surface area (Å²) in [5.74, 6) is -0.0265. The standard InChI is InChI=1S/C10H8Cl2N2O/c1-14-3-2-9(13-14)6-4-8(12)10(15)5-7(6)11/h2-5,15H,1H3. The van der Waals surface area contributed by atoms with Crippen molar-refractivity contribution in [3.63, 3.8) is 0 Å². The van der Waals surface area contributed by atoms with Crippen LogP contribution in [0.25, 0.3) is 11.3 Å².